The predicted octanol–water partition coefficient (Wildman–Crippen LogP) is 3.07. The molecule has 19 heavy (non-hydrogen) atoms. The van der Waals surface area contributed by atoms with Crippen molar-refractivity contribution in [2.45, 2.75) is 25.9 Å². The summed E-state index contributed by atoms with van der Waals surface area (Å²) in [5.41, 5.74) is 3.72. The van der Waals surface area contributed by atoms with E-state index in [0.29, 0.717) is 0 Å². The number of aliphatic hydroxyl groups is 1. The monoisotopic (exact) mass is 255 g/mol. The van der Waals surface area contributed by atoms with Crippen LogP contribution in [-0.2, 0) is 13.0 Å². The summed E-state index contributed by atoms with van der Waals surface area (Å²) in [7, 11) is 0. The minimum absolute atomic E-state index is 0.00736. The highest BCUT2D eigenvalue weighted by Gasteiger charge is 2.08. The highest BCUT2D eigenvalue weighted by atomic mass is 16.3. The van der Waals surface area contributed by atoms with E-state index in [1.807, 2.05) is 30.3 Å². The van der Waals surface area contributed by atoms with E-state index < -0.39 is 0 Å². The second kappa shape index (κ2) is 7.07. The lowest BCUT2D eigenvalue weighted by atomic mass is 10.1. The van der Waals surface area contributed by atoms with E-state index in [1.165, 1.54) is 11.1 Å². The van der Waals surface area contributed by atoms with Crippen molar-refractivity contribution in [2.24, 2.45) is 0 Å². The van der Waals surface area contributed by atoms with E-state index in [4.69, 9.17) is 0 Å². The van der Waals surface area contributed by atoms with Crippen molar-refractivity contribution >= 4 is 0 Å². The van der Waals surface area contributed by atoms with E-state index in [-0.39, 0.29) is 12.6 Å². The van der Waals surface area contributed by atoms with Gasteiger partial charge in [0, 0.05) is 6.54 Å². The fourth-order valence-electron chi connectivity index (χ4n) is 2.11. The van der Waals surface area contributed by atoms with Crippen molar-refractivity contribution in [3.8, 4) is 0 Å². The minimum Gasteiger partial charge on any atom is -0.394 e. The van der Waals surface area contributed by atoms with Gasteiger partial charge in [0.1, 0.15) is 0 Å². The van der Waals surface area contributed by atoms with Crippen molar-refractivity contribution in [3.63, 3.8) is 0 Å². The van der Waals surface area contributed by atoms with Crippen LogP contribution >= 0.6 is 0 Å². The maximum atomic E-state index is 9.48. The van der Waals surface area contributed by atoms with Gasteiger partial charge in [0.15, 0.2) is 0 Å². The van der Waals surface area contributed by atoms with E-state index in [1.54, 1.807) is 0 Å². The van der Waals surface area contributed by atoms with E-state index in [9.17, 15) is 5.11 Å². The molecule has 0 aromatic heterocycles. The Morgan fingerprint density at radius 3 is 2.16 bits per heavy atom. The average Bonchev–Trinajstić information content (AvgIpc) is 2.49. The van der Waals surface area contributed by atoms with Crippen molar-refractivity contribution in [1.82, 2.24) is 5.32 Å². The Hall–Kier alpha value is -1.64. The van der Waals surface area contributed by atoms with Crippen molar-refractivity contribution < 1.29 is 5.11 Å². The number of hydrogen-bond donors (Lipinski definition) is 2. The lowest BCUT2D eigenvalue weighted by molar-refractivity contribution is 0.243. The van der Waals surface area contributed by atoms with Crippen LogP contribution in [-0.4, -0.2) is 11.7 Å². The first-order valence-corrected chi connectivity index (χ1v) is 6.80. The number of aryl methyl sites for hydroxylation is 1. The van der Waals surface area contributed by atoms with Gasteiger partial charge >= 0.3 is 0 Å². The van der Waals surface area contributed by atoms with Gasteiger partial charge in [-0.3, -0.25) is 0 Å². The number of nitrogens with one attached hydrogen (secondary N) is 1. The topological polar surface area (TPSA) is 32.3 Å². The first kappa shape index (κ1) is 13.8. The smallest absolute Gasteiger partial charge is 0.0626 e. The van der Waals surface area contributed by atoms with Gasteiger partial charge in [-0.25, -0.2) is 0 Å². The fraction of sp³-hybridized carbons (Fsp3) is 0.294. The normalized spacial score (nSPS) is 12.3. The minimum atomic E-state index is -0.00736. The zero-order chi connectivity index (χ0) is 13.5. The van der Waals surface area contributed by atoms with Crippen LogP contribution in [0.15, 0.2) is 54.6 Å². The van der Waals surface area contributed by atoms with Gasteiger partial charge in [-0.2, -0.15) is 0 Å². The van der Waals surface area contributed by atoms with Gasteiger partial charge < -0.3 is 10.4 Å². The zero-order valence-electron chi connectivity index (χ0n) is 11.3. The Bertz CT molecular complexity index is 478. The van der Waals surface area contributed by atoms with E-state index in [2.05, 4.69) is 36.5 Å². The zero-order valence-corrected chi connectivity index (χ0v) is 11.3. The van der Waals surface area contributed by atoms with Crippen molar-refractivity contribution in [1.29, 1.82) is 0 Å². The highest BCUT2D eigenvalue weighted by Crippen LogP contribution is 2.13. The molecule has 0 heterocycles. The Morgan fingerprint density at radius 1 is 0.947 bits per heavy atom. The second-order valence-corrected chi connectivity index (χ2v) is 4.70. The average molecular weight is 255 g/mol. The van der Waals surface area contributed by atoms with Crippen LogP contribution in [0.4, 0.5) is 0 Å². The maximum absolute atomic E-state index is 9.48. The van der Waals surface area contributed by atoms with E-state index >= 15 is 0 Å². The molecule has 0 bridgehead atoms. The summed E-state index contributed by atoms with van der Waals surface area (Å²) in [6.07, 6.45) is 1.07. The molecule has 2 nitrogen and oxygen atoms in total. The number of aliphatic hydroxyl groups excluding tert-OH is 1. The SMILES string of the molecule is CCc1ccc(CNC(CO)c2ccccc2)cc1. The molecule has 2 N–H and O–H groups in total. The number of hydrogen-bond acceptors (Lipinski definition) is 2. The summed E-state index contributed by atoms with van der Waals surface area (Å²) < 4.78 is 0. The van der Waals surface area contributed by atoms with Crippen LogP contribution in [0.2, 0.25) is 0 Å². The molecule has 0 amide bonds. The molecule has 0 aliphatic rings. The summed E-state index contributed by atoms with van der Waals surface area (Å²) in [6, 6.07) is 18.7. The molecule has 2 rings (SSSR count). The van der Waals surface area contributed by atoms with Crippen LogP contribution in [0.25, 0.3) is 0 Å². The second-order valence-electron chi connectivity index (χ2n) is 4.70. The summed E-state index contributed by atoms with van der Waals surface area (Å²) in [5, 5.41) is 12.9. The molecule has 0 saturated heterocycles. The Balaban J connectivity index is 1.96. The van der Waals surface area contributed by atoms with Gasteiger partial charge in [-0.05, 0) is 23.1 Å². The largest absolute Gasteiger partial charge is 0.394 e. The third-order valence-corrected chi connectivity index (χ3v) is 3.37. The van der Waals surface area contributed by atoms with Gasteiger partial charge in [0.2, 0.25) is 0 Å². The molecule has 0 saturated carbocycles. The Morgan fingerprint density at radius 2 is 1.58 bits per heavy atom. The van der Waals surface area contributed by atoms with Gasteiger partial charge in [0.25, 0.3) is 0 Å². The summed E-state index contributed by atoms with van der Waals surface area (Å²) in [5.74, 6) is 0. The van der Waals surface area contributed by atoms with Crippen LogP contribution in [0.3, 0.4) is 0 Å². The molecular weight excluding hydrogens is 234 g/mol. The molecule has 100 valence electrons. The first-order chi connectivity index (χ1) is 9.33. The molecule has 2 aromatic rings. The molecule has 0 aliphatic heterocycles. The van der Waals surface area contributed by atoms with Crippen LogP contribution < -0.4 is 5.32 Å². The number of rotatable bonds is 6. The lowest BCUT2D eigenvalue weighted by Gasteiger charge is -2.16. The predicted molar refractivity (Wildman–Crippen MR) is 78.9 cm³/mol. The van der Waals surface area contributed by atoms with Crippen LogP contribution in [0.5, 0.6) is 0 Å². The molecule has 0 fully saturated rings. The summed E-state index contributed by atoms with van der Waals surface area (Å²) >= 11 is 0. The molecule has 1 atom stereocenters. The Labute approximate surface area is 115 Å². The van der Waals surface area contributed by atoms with E-state index in [0.717, 1.165) is 18.5 Å². The van der Waals surface area contributed by atoms with Crippen LogP contribution in [0.1, 0.15) is 29.7 Å². The van der Waals surface area contributed by atoms with Gasteiger partial charge in [0.05, 0.1) is 12.6 Å². The third kappa shape index (κ3) is 3.91. The lowest BCUT2D eigenvalue weighted by Crippen LogP contribution is -2.23. The molecule has 1 unspecified atom stereocenters. The van der Waals surface area contributed by atoms with Crippen LogP contribution in [0, 0.1) is 0 Å². The van der Waals surface area contributed by atoms with Crippen molar-refractivity contribution in [2.75, 3.05) is 6.61 Å². The van der Waals surface area contributed by atoms with Gasteiger partial charge in [-0.1, -0.05) is 61.5 Å². The standard InChI is InChI=1S/C17H21NO/c1-2-14-8-10-15(11-9-14)12-18-17(13-19)16-6-4-3-5-7-16/h3-11,17-19H,2,12-13H2,1H3. The van der Waals surface area contributed by atoms with Gasteiger partial charge in [-0.15, -0.1) is 0 Å². The fourth-order valence-corrected chi connectivity index (χ4v) is 2.11. The summed E-state index contributed by atoms with van der Waals surface area (Å²) in [6.45, 7) is 3.03. The Kier molecular flexibility index (Phi) is 5.13. The quantitative estimate of drug-likeness (QED) is 0.831. The summed E-state index contributed by atoms with van der Waals surface area (Å²) in [4.78, 5) is 0. The maximum Gasteiger partial charge on any atom is 0.0626 e. The number of benzene rings is 2. The molecule has 2 aromatic carbocycles. The molecule has 2 heteroatoms. The highest BCUT2D eigenvalue weighted by molar-refractivity contribution is 5.23. The first-order valence-electron chi connectivity index (χ1n) is 6.80. The third-order valence-electron chi connectivity index (χ3n) is 3.37. The molecular formula is C17H21NO. The molecule has 0 aliphatic carbocycles. The molecule has 0 radical (unpaired) electrons. The van der Waals surface area contributed by atoms with Crippen molar-refractivity contribution in [3.05, 3.63) is 71.3 Å². The molecule has 0 spiro atoms.